The minimum Gasteiger partial charge on any atom is -0.494 e. The first-order chi connectivity index (χ1) is 24.2. The summed E-state index contributed by atoms with van der Waals surface area (Å²) in [5.41, 5.74) is 3.86. The number of hydrogen-bond acceptors (Lipinski definition) is 6. The molecule has 0 radical (unpaired) electrons. The Labute approximate surface area is 284 Å². The number of aromatic nitrogens is 2. The summed E-state index contributed by atoms with van der Waals surface area (Å²) in [5, 5.41) is 21.3. The number of H-pyrrole nitrogens is 2. The van der Waals surface area contributed by atoms with Gasteiger partial charge in [-0.2, -0.15) is 0 Å². The number of aromatic hydroxyl groups is 2. The summed E-state index contributed by atoms with van der Waals surface area (Å²) >= 11 is 0. The quantitative estimate of drug-likeness (QED) is 0.0802. The first-order valence-electron chi connectivity index (χ1n) is 16.1. The highest BCUT2D eigenvalue weighted by Crippen LogP contribution is 2.31. The topological polar surface area (TPSA) is 103 Å². The third kappa shape index (κ3) is 6.77. The Morgan fingerprint density at radius 3 is 1.50 bits per heavy atom. The summed E-state index contributed by atoms with van der Waals surface area (Å²) in [4.78, 5) is 17.8. The van der Waals surface area contributed by atoms with Crippen LogP contribution in [0.5, 0.6) is 11.8 Å². The molecule has 0 bridgehead atoms. The van der Waals surface area contributed by atoms with Gasteiger partial charge in [0, 0.05) is 61.5 Å². The molecule has 1 saturated heterocycles. The van der Waals surface area contributed by atoms with Crippen molar-refractivity contribution in [3.8, 4) is 11.8 Å². The van der Waals surface area contributed by atoms with Crippen LogP contribution in [-0.2, 0) is 0 Å². The fourth-order valence-corrected chi connectivity index (χ4v) is 6.19. The molecule has 12 heteroatoms. The summed E-state index contributed by atoms with van der Waals surface area (Å²) in [7, 11) is 0. The molecule has 2 aromatic heterocycles. The Balaban J connectivity index is 0.000000157. The van der Waals surface area contributed by atoms with Crippen molar-refractivity contribution < 1.29 is 27.8 Å². The zero-order chi connectivity index (χ0) is 34.8. The third-order valence-corrected chi connectivity index (χ3v) is 8.71. The second-order valence-corrected chi connectivity index (χ2v) is 12.0. The zero-order valence-corrected chi connectivity index (χ0v) is 26.7. The molecule has 0 atom stereocenters. The SMILES string of the molecule is Oc1[nH]c2cc(F)ccc2c1C=Nc1ccc(N2CC=CC2)c(F)c1.Oc1[nH]c2cc(F)ccc2c1C=Nc1ccc(N2CCCC2)c(F)c1. The van der Waals surface area contributed by atoms with Crippen LogP contribution in [-0.4, -0.2) is 58.8 Å². The molecule has 1 fully saturated rings. The molecule has 4 heterocycles. The molecule has 0 aliphatic carbocycles. The van der Waals surface area contributed by atoms with Crippen molar-refractivity contribution in [1.29, 1.82) is 0 Å². The van der Waals surface area contributed by atoms with Crippen LogP contribution < -0.4 is 9.80 Å². The molecule has 50 heavy (non-hydrogen) atoms. The van der Waals surface area contributed by atoms with Crippen molar-refractivity contribution in [1.82, 2.24) is 9.97 Å². The van der Waals surface area contributed by atoms with Gasteiger partial charge in [-0.15, -0.1) is 0 Å². The van der Waals surface area contributed by atoms with E-state index in [0.29, 0.717) is 68.8 Å². The van der Waals surface area contributed by atoms with Gasteiger partial charge in [0.15, 0.2) is 11.8 Å². The number of aliphatic imine (C=N–C) groups is 2. The number of rotatable bonds is 6. The lowest BCUT2D eigenvalue weighted by atomic mass is 10.2. The van der Waals surface area contributed by atoms with E-state index in [1.165, 1.54) is 48.8 Å². The minimum absolute atomic E-state index is 0.0986. The van der Waals surface area contributed by atoms with Crippen LogP contribution in [0.4, 0.5) is 40.3 Å². The number of nitrogens with zero attached hydrogens (tertiary/aromatic N) is 4. The van der Waals surface area contributed by atoms with Crippen molar-refractivity contribution in [3.63, 3.8) is 0 Å². The lowest BCUT2D eigenvalue weighted by molar-refractivity contribution is 0.457. The van der Waals surface area contributed by atoms with Crippen LogP contribution >= 0.6 is 0 Å². The fraction of sp³-hybridized carbons (Fsp3) is 0.158. The normalized spacial score (nSPS) is 14.6. The van der Waals surface area contributed by atoms with Crippen molar-refractivity contribution >= 4 is 57.0 Å². The molecule has 2 aliphatic rings. The van der Waals surface area contributed by atoms with E-state index in [0.717, 1.165) is 25.9 Å². The highest BCUT2D eigenvalue weighted by Gasteiger charge is 2.17. The van der Waals surface area contributed by atoms with E-state index in [-0.39, 0.29) is 23.4 Å². The van der Waals surface area contributed by atoms with E-state index in [9.17, 15) is 27.8 Å². The van der Waals surface area contributed by atoms with E-state index in [2.05, 4.69) is 20.0 Å². The van der Waals surface area contributed by atoms with Crippen molar-refractivity contribution in [2.75, 3.05) is 36.0 Å². The van der Waals surface area contributed by atoms with E-state index in [4.69, 9.17) is 0 Å². The number of aromatic amines is 2. The van der Waals surface area contributed by atoms with Crippen LogP contribution in [0.1, 0.15) is 24.0 Å². The molecular weight excluding hydrogens is 648 g/mol. The van der Waals surface area contributed by atoms with Gasteiger partial charge in [-0.3, -0.25) is 9.98 Å². The van der Waals surface area contributed by atoms with Crippen molar-refractivity contribution in [2.45, 2.75) is 12.8 Å². The highest BCUT2D eigenvalue weighted by atomic mass is 19.1. The zero-order valence-electron chi connectivity index (χ0n) is 26.7. The number of fused-ring (bicyclic) bond motifs is 2. The fourth-order valence-electron chi connectivity index (χ4n) is 6.19. The van der Waals surface area contributed by atoms with Crippen LogP contribution in [0.15, 0.2) is 94.9 Å². The maximum atomic E-state index is 14.3. The van der Waals surface area contributed by atoms with Crippen molar-refractivity contribution in [2.24, 2.45) is 9.98 Å². The van der Waals surface area contributed by atoms with E-state index >= 15 is 0 Å². The van der Waals surface area contributed by atoms with Crippen LogP contribution in [0.2, 0.25) is 0 Å². The number of halogens is 4. The summed E-state index contributed by atoms with van der Waals surface area (Å²) in [6.07, 6.45) is 9.05. The Morgan fingerprint density at radius 1 is 0.580 bits per heavy atom. The Bertz CT molecular complexity index is 2140. The summed E-state index contributed by atoms with van der Waals surface area (Å²) < 4.78 is 55.1. The highest BCUT2D eigenvalue weighted by molar-refractivity contribution is 6.03. The van der Waals surface area contributed by atoms with Gasteiger partial charge >= 0.3 is 0 Å². The van der Waals surface area contributed by atoms with Gasteiger partial charge in [-0.05, 0) is 73.5 Å². The summed E-state index contributed by atoms with van der Waals surface area (Å²) in [6, 6.07) is 18.0. The number of benzene rings is 4. The molecule has 8 rings (SSSR count). The van der Waals surface area contributed by atoms with Crippen LogP contribution in [0.25, 0.3) is 21.8 Å². The number of anilines is 2. The summed E-state index contributed by atoms with van der Waals surface area (Å²) in [6.45, 7) is 3.14. The first-order valence-corrected chi connectivity index (χ1v) is 16.1. The second-order valence-electron chi connectivity index (χ2n) is 12.0. The Morgan fingerprint density at radius 2 is 1.04 bits per heavy atom. The predicted octanol–water partition coefficient (Wildman–Crippen LogP) is 8.78. The van der Waals surface area contributed by atoms with Crippen molar-refractivity contribution in [3.05, 3.63) is 119 Å². The molecule has 4 N–H and O–H groups in total. The van der Waals surface area contributed by atoms with Gasteiger partial charge in [0.25, 0.3) is 0 Å². The smallest absolute Gasteiger partial charge is 0.198 e. The average molecular weight is 681 g/mol. The van der Waals surface area contributed by atoms with Gasteiger partial charge in [0.05, 0.1) is 44.9 Å². The van der Waals surface area contributed by atoms with Gasteiger partial charge in [-0.25, -0.2) is 17.6 Å². The Kier molecular flexibility index (Phi) is 8.99. The number of nitrogens with one attached hydrogen (secondary N) is 2. The molecule has 0 unspecified atom stereocenters. The molecule has 0 amide bonds. The van der Waals surface area contributed by atoms with Gasteiger partial charge < -0.3 is 30.0 Å². The maximum absolute atomic E-state index is 14.3. The van der Waals surface area contributed by atoms with E-state index < -0.39 is 11.6 Å². The predicted molar refractivity (Wildman–Crippen MR) is 190 cm³/mol. The first kappa shape index (κ1) is 32.5. The molecular formula is C38H32F4N6O2. The molecule has 0 saturated carbocycles. The van der Waals surface area contributed by atoms with Gasteiger partial charge in [-0.1, -0.05) is 12.2 Å². The monoisotopic (exact) mass is 680 g/mol. The standard InChI is InChI=1S/C19H17F2N3O.C19H15F2N3O/c2*20-12-3-5-14-15(19(25)23-17(14)9-12)11-22-13-4-6-18(16(21)10-13)24-7-1-2-8-24/h3-6,9-11,23,25H,1-2,7-8H2;1-6,9-11,23,25H,7-8H2. The summed E-state index contributed by atoms with van der Waals surface area (Å²) in [5.74, 6) is -1.64. The minimum atomic E-state index is -0.397. The molecule has 8 nitrogen and oxygen atoms in total. The van der Waals surface area contributed by atoms with Gasteiger partial charge in [0.1, 0.15) is 23.3 Å². The molecule has 6 aromatic rings. The molecule has 4 aromatic carbocycles. The van der Waals surface area contributed by atoms with E-state index in [1.54, 1.807) is 36.4 Å². The number of hydrogen-bond donors (Lipinski definition) is 4. The lowest BCUT2D eigenvalue weighted by Crippen LogP contribution is -2.19. The third-order valence-electron chi connectivity index (χ3n) is 8.71. The lowest BCUT2D eigenvalue weighted by Gasteiger charge is -2.18. The Hall–Kier alpha value is -6.04. The van der Waals surface area contributed by atoms with Crippen LogP contribution in [0, 0.1) is 23.3 Å². The molecule has 2 aliphatic heterocycles. The average Bonchev–Trinajstić information content (AvgIpc) is 3.91. The van der Waals surface area contributed by atoms with E-state index in [1.807, 2.05) is 22.0 Å². The molecule has 254 valence electrons. The second kappa shape index (κ2) is 13.8. The van der Waals surface area contributed by atoms with Crippen LogP contribution in [0.3, 0.4) is 0 Å². The van der Waals surface area contributed by atoms with Gasteiger partial charge in [0.2, 0.25) is 0 Å². The maximum Gasteiger partial charge on any atom is 0.198 e. The largest absolute Gasteiger partial charge is 0.494 e. The molecule has 0 spiro atoms.